The van der Waals surface area contributed by atoms with E-state index in [4.69, 9.17) is 0 Å². The lowest BCUT2D eigenvalue weighted by molar-refractivity contribution is 1.18. The van der Waals surface area contributed by atoms with E-state index in [1.165, 1.54) is 115 Å². The Labute approximate surface area is 346 Å². The van der Waals surface area contributed by atoms with Gasteiger partial charge in [0.25, 0.3) is 0 Å². The van der Waals surface area contributed by atoms with Crippen LogP contribution in [0.2, 0.25) is 0 Å². The van der Waals surface area contributed by atoms with Crippen molar-refractivity contribution in [1.82, 2.24) is 9.13 Å². The molecule has 0 saturated heterocycles. The molecule has 60 heavy (non-hydrogen) atoms. The summed E-state index contributed by atoms with van der Waals surface area (Å²) in [6, 6.07) is 80.6. The van der Waals surface area contributed by atoms with E-state index in [9.17, 15) is 0 Å². The maximum Gasteiger partial charge on any atom is 0.0541 e. The fraction of sp³-hybridized carbons (Fsp3) is 0. The molecule has 2 aromatic heterocycles. The zero-order valence-corrected chi connectivity index (χ0v) is 32.7. The van der Waals surface area contributed by atoms with Gasteiger partial charge in [-0.25, -0.2) is 0 Å². The van der Waals surface area contributed by atoms with Gasteiger partial charge in [0.1, 0.15) is 0 Å². The summed E-state index contributed by atoms with van der Waals surface area (Å²) in [6.45, 7) is 0. The summed E-state index contributed by atoms with van der Waals surface area (Å²) in [5, 5.41) is 15.2. The second-order valence-corrected chi connectivity index (χ2v) is 16.1. The summed E-state index contributed by atoms with van der Waals surface area (Å²) in [7, 11) is 0. The molecule has 0 saturated carbocycles. The van der Waals surface area contributed by atoms with Crippen molar-refractivity contribution in [2.45, 2.75) is 0 Å². The molecule has 0 aliphatic rings. The third kappa shape index (κ3) is 4.88. The summed E-state index contributed by atoms with van der Waals surface area (Å²) < 4.78 is 4.82. The first kappa shape index (κ1) is 33.1. The first-order valence-corrected chi connectivity index (χ1v) is 20.8. The van der Waals surface area contributed by atoms with E-state index in [1.807, 2.05) is 0 Å². The average molecular weight is 761 g/mol. The molecule has 0 N–H and O–H groups in total. The van der Waals surface area contributed by atoms with Crippen LogP contribution in [0.25, 0.3) is 120 Å². The number of aromatic nitrogens is 2. The Morgan fingerprint density at radius 3 is 1.47 bits per heavy atom. The maximum absolute atomic E-state index is 2.44. The lowest BCUT2D eigenvalue weighted by atomic mass is 9.90. The van der Waals surface area contributed by atoms with Crippen molar-refractivity contribution in [1.29, 1.82) is 0 Å². The molecule has 2 nitrogen and oxygen atoms in total. The second kappa shape index (κ2) is 12.8. The summed E-state index contributed by atoms with van der Waals surface area (Å²) in [6.07, 6.45) is 0. The Hall–Kier alpha value is -7.94. The van der Waals surface area contributed by atoms with Crippen LogP contribution in [0.5, 0.6) is 0 Å². The highest BCUT2D eigenvalue weighted by Crippen LogP contribution is 2.41. The van der Waals surface area contributed by atoms with Crippen molar-refractivity contribution in [3.8, 4) is 33.6 Å². The topological polar surface area (TPSA) is 9.86 Å². The number of hydrogen-bond donors (Lipinski definition) is 0. The van der Waals surface area contributed by atoms with Gasteiger partial charge in [0, 0.05) is 32.9 Å². The highest BCUT2D eigenvalue weighted by molar-refractivity contribution is 6.23. The van der Waals surface area contributed by atoms with E-state index in [0.29, 0.717) is 0 Å². The number of nitrogens with zero attached hydrogens (tertiary/aromatic N) is 2. The van der Waals surface area contributed by atoms with Gasteiger partial charge in [0.2, 0.25) is 0 Å². The predicted octanol–water partition coefficient (Wildman–Crippen LogP) is 15.8. The van der Waals surface area contributed by atoms with Crippen molar-refractivity contribution in [3.05, 3.63) is 218 Å². The van der Waals surface area contributed by atoms with Crippen LogP contribution >= 0.6 is 0 Å². The predicted molar refractivity (Wildman–Crippen MR) is 256 cm³/mol. The van der Waals surface area contributed by atoms with Crippen LogP contribution < -0.4 is 0 Å². The van der Waals surface area contributed by atoms with E-state index in [-0.39, 0.29) is 0 Å². The highest BCUT2D eigenvalue weighted by Gasteiger charge is 2.17. The van der Waals surface area contributed by atoms with Crippen molar-refractivity contribution in [2.75, 3.05) is 0 Å². The molecule has 2 heteroatoms. The lowest BCUT2D eigenvalue weighted by Crippen LogP contribution is -1.94. The van der Waals surface area contributed by atoms with Crippen LogP contribution in [-0.4, -0.2) is 9.13 Å². The molecule has 0 radical (unpaired) electrons. The molecule has 13 rings (SSSR count). The lowest BCUT2D eigenvalue weighted by Gasteiger charge is -2.14. The molecule has 0 amide bonds. The van der Waals surface area contributed by atoms with Gasteiger partial charge >= 0.3 is 0 Å². The average Bonchev–Trinajstić information content (AvgIpc) is 3.83. The standard InChI is InChI=1S/C58H36N2/c1-2-13-44(14-3-1)59-54-20-10-8-17-48(54)52-34-39(27-30-56(52)59)40-28-31-57-53(35-40)49-18-9-11-21-55(49)60(57)45-29-26-37-22-24-41(32-43(37)33-45)51-36-42-25-23-38-12-4-5-15-46(38)58(42)50-19-7-6-16-47(50)51/h1-36H. The Balaban J connectivity index is 0.953. The summed E-state index contributed by atoms with van der Waals surface area (Å²) in [4.78, 5) is 0. The zero-order valence-electron chi connectivity index (χ0n) is 32.7. The summed E-state index contributed by atoms with van der Waals surface area (Å²) >= 11 is 0. The summed E-state index contributed by atoms with van der Waals surface area (Å²) in [5.74, 6) is 0. The van der Waals surface area contributed by atoms with Crippen LogP contribution in [-0.2, 0) is 0 Å². The second-order valence-electron chi connectivity index (χ2n) is 16.1. The number of hydrogen-bond acceptors (Lipinski definition) is 0. The maximum atomic E-state index is 2.44. The Bertz CT molecular complexity index is 3880. The minimum atomic E-state index is 1.16. The quantitative estimate of drug-likeness (QED) is 0.158. The third-order valence-corrected chi connectivity index (χ3v) is 12.8. The first-order chi connectivity index (χ1) is 29.7. The van der Waals surface area contributed by atoms with Crippen LogP contribution in [0.1, 0.15) is 0 Å². The van der Waals surface area contributed by atoms with E-state index >= 15 is 0 Å². The molecule has 0 aliphatic heterocycles. The molecule has 0 fully saturated rings. The molecule has 2 heterocycles. The fourth-order valence-electron chi connectivity index (χ4n) is 10.1. The van der Waals surface area contributed by atoms with Crippen LogP contribution in [0.3, 0.4) is 0 Å². The fourth-order valence-corrected chi connectivity index (χ4v) is 10.1. The summed E-state index contributed by atoms with van der Waals surface area (Å²) in [5.41, 5.74) is 12.1. The van der Waals surface area contributed by atoms with Gasteiger partial charge in [0.05, 0.1) is 22.1 Å². The Morgan fingerprint density at radius 1 is 0.233 bits per heavy atom. The van der Waals surface area contributed by atoms with Crippen molar-refractivity contribution >= 4 is 86.7 Å². The Morgan fingerprint density at radius 2 is 0.750 bits per heavy atom. The van der Waals surface area contributed by atoms with Gasteiger partial charge in [-0.15, -0.1) is 0 Å². The van der Waals surface area contributed by atoms with E-state index < -0.39 is 0 Å². The van der Waals surface area contributed by atoms with Gasteiger partial charge in [-0.3, -0.25) is 0 Å². The highest BCUT2D eigenvalue weighted by atomic mass is 15.0. The normalized spacial score (nSPS) is 12.0. The smallest absolute Gasteiger partial charge is 0.0541 e. The van der Waals surface area contributed by atoms with E-state index in [1.54, 1.807) is 0 Å². The largest absolute Gasteiger partial charge is 0.309 e. The number of para-hydroxylation sites is 3. The molecule has 13 aromatic rings. The molecule has 0 spiro atoms. The van der Waals surface area contributed by atoms with Crippen molar-refractivity contribution in [3.63, 3.8) is 0 Å². The van der Waals surface area contributed by atoms with Crippen molar-refractivity contribution < 1.29 is 0 Å². The van der Waals surface area contributed by atoms with Crippen LogP contribution in [0.4, 0.5) is 0 Å². The third-order valence-electron chi connectivity index (χ3n) is 12.8. The van der Waals surface area contributed by atoms with Gasteiger partial charge in [-0.05, 0) is 138 Å². The molecule has 0 unspecified atom stereocenters. The Kier molecular flexibility index (Phi) is 7.05. The van der Waals surface area contributed by atoms with Crippen molar-refractivity contribution in [2.24, 2.45) is 0 Å². The SMILES string of the molecule is c1ccc(-n2c3ccccc3c3cc(-c4ccc5c(c4)c4ccccc4n5-c4ccc5ccc(-c6cc7ccc8ccccc8c7c7ccccc67)cc5c4)ccc32)cc1. The van der Waals surface area contributed by atoms with Gasteiger partial charge in [0.15, 0.2) is 0 Å². The zero-order chi connectivity index (χ0) is 39.3. The minimum absolute atomic E-state index is 1.16. The van der Waals surface area contributed by atoms with Gasteiger partial charge in [-0.1, -0.05) is 146 Å². The first-order valence-electron chi connectivity index (χ1n) is 20.8. The minimum Gasteiger partial charge on any atom is -0.309 e. The molecule has 0 aliphatic carbocycles. The molecule has 278 valence electrons. The molecular weight excluding hydrogens is 725 g/mol. The van der Waals surface area contributed by atoms with E-state index in [2.05, 4.69) is 228 Å². The molecule has 0 bridgehead atoms. The number of fused-ring (bicyclic) bond motifs is 12. The molecule has 0 atom stereocenters. The monoisotopic (exact) mass is 760 g/mol. The molecule has 11 aromatic carbocycles. The number of benzene rings is 11. The van der Waals surface area contributed by atoms with Crippen LogP contribution in [0, 0.1) is 0 Å². The molecular formula is C58H36N2. The van der Waals surface area contributed by atoms with E-state index in [0.717, 1.165) is 5.69 Å². The van der Waals surface area contributed by atoms with Gasteiger partial charge < -0.3 is 9.13 Å². The van der Waals surface area contributed by atoms with Crippen LogP contribution in [0.15, 0.2) is 218 Å². The number of rotatable bonds is 4. The van der Waals surface area contributed by atoms with Gasteiger partial charge in [-0.2, -0.15) is 0 Å².